The first-order valence-electron chi connectivity index (χ1n) is 15.4. The molecule has 1 aliphatic heterocycles. The first-order valence-corrected chi connectivity index (χ1v) is 16.5. The topological polar surface area (TPSA) is 78.2 Å². The van der Waals surface area contributed by atoms with Gasteiger partial charge in [0.1, 0.15) is 5.54 Å². The van der Waals surface area contributed by atoms with Gasteiger partial charge in [-0.15, -0.1) is 0 Å². The number of ether oxygens (including phenoxy) is 1. The van der Waals surface area contributed by atoms with Crippen LogP contribution in [0.3, 0.4) is 0 Å². The molecule has 0 aliphatic carbocycles. The molecule has 2 amide bonds. The summed E-state index contributed by atoms with van der Waals surface area (Å²) in [6.45, 7) is 1.97. The van der Waals surface area contributed by atoms with Crippen LogP contribution in [0.4, 0.5) is 4.79 Å². The second-order valence-corrected chi connectivity index (χ2v) is 12.9. The van der Waals surface area contributed by atoms with E-state index in [4.69, 9.17) is 4.74 Å². The van der Waals surface area contributed by atoms with Crippen molar-refractivity contribution in [3.63, 3.8) is 0 Å². The van der Waals surface area contributed by atoms with Gasteiger partial charge in [0.05, 0.1) is 0 Å². The van der Waals surface area contributed by atoms with E-state index in [1.807, 2.05) is 122 Å². The average Bonchev–Trinajstić information content (AvgIpc) is 3.77. The minimum Gasteiger partial charge on any atom is -0.438 e. The Morgan fingerprint density at radius 2 is 1.47 bits per heavy atom. The van der Waals surface area contributed by atoms with Crippen molar-refractivity contribution in [1.82, 2.24) is 14.9 Å². The van der Waals surface area contributed by atoms with Gasteiger partial charge in [0, 0.05) is 51.4 Å². The molecule has 7 rings (SSSR count). The van der Waals surface area contributed by atoms with Crippen molar-refractivity contribution in [2.75, 3.05) is 5.75 Å². The Bertz CT molecular complexity index is 1950. The number of aromatic nitrogens is 2. The Kier molecular flexibility index (Phi) is 7.94. The number of rotatable bonds is 10. The molecule has 2 aromatic heterocycles. The lowest BCUT2D eigenvalue weighted by Crippen LogP contribution is -2.49. The minimum absolute atomic E-state index is 0.211. The third-order valence-corrected chi connectivity index (χ3v) is 10.1. The average molecular weight is 614 g/mol. The number of para-hydroxylation sites is 2. The number of cyclic esters (lactones) is 1. The van der Waals surface area contributed by atoms with E-state index in [2.05, 4.69) is 28.2 Å². The van der Waals surface area contributed by atoms with Gasteiger partial charge in [0.15, 0.2) is 6.10 Å². The highest BCUT2D eigenvalue weighted by molar-refractivity contribution is 7.98. The molecule has 6 nitrogen and oxygen atoms in total. The van der Waals surface area contributed by atoms with E-state index in [1.165, 1.54) is 10.5 Å². The number of amides is 2. The Morgan fingerprint density at radius 3 is 2.22 bits per heavy atom. The van der Waals surface area contributed by atoms with Crippen LogP contribution in [0.25, 0.3) is 21.8 Å². The van der Waals surface area contributed by atoms with Crippen LogP contribution in [0.2, 0.25) is 0 Å². The summed E-state index contributed by atoms with van der Waals surface area (Å²) in [5.74, 6) is 1.00. The zero-order valence-corrected chi connectivity index (χ0v) is 25.9. The number of hydrogen-bond acceptors (Lipinski definition) is 4. The van der Waals surface area contributed by atoms with Crippen LogP contribution in [0.5, 0.6) is 0 Å². The number of thioether (sulfide) groups is 1. The maximum Gasteiger partial charge on any atom is 0.418 e. The normalized spacial score (nSPS) is 18.8. The lowest BCUT2D eigenvalue weighted by molar-refractivity contribution is -0.136. The number of benzene rings is 4. The summed E-state index contributed by atoms with van der Waals surface area (Å²) in [7, 11) is 0. The number of nitrogens with one attached hydrogen (secondary N) is 2. The second-order valence-electron chi connectivity index (χ2n) is 11.8. The van der Waals surface area contributed by atoms with Gasteiger partial charge in [-0.05, 0) is 54.3 Å². The van der Waals surface area contributed by atoms with Crippen molar-refractivity contribution in [1.29, 1.82) is 0 Å². The molecule has 226 valence electrons. The van der Waals surface area contributed by atoms with Crippen molar-refractivity contribution >= 4 is 45.6 Å². The predicted molar refractivity (Wildman–Crippen MR) is 181 cm³/mol. The smallest absolute Gasteiger partial charge is 0.418 e. The van der Waals surface area contributed by atoms with Crippen molar-refractivity contribution in [3.8, 4) is 0 Å². The van der Waals surface area contributed by atoms with Gasteiger partial charge in [-0.3, -0.25) is 4.79 Å². The highest BCUT2D eigenvalue weighted by Crippen LogP contribution is 2.51. The first-order chi connectivity index (χ1) is 22.0. The molecule has 4 aromatic carbocycles. The van der Waals surface area contributed by atoms with Crippen LogP contribution in [-0.4, -0.2) is 32.6 Å². The number of imide groups is 1. The molecule has 0 unspecified atom stereocenters. The van der Waals surface area contributed by atoms with Crippen molar-refractivity contribution in [2.45, 2.75) is 37.2 Å². The van der Waals surface area contributed by atoms with E-state index >= 15 is 0 Å². The fraction of sp³-hybridized carbons (Fsp3) is 0.211. The highest BCUT2D eigenvalue weighted by Gasteiger charge is 2.58. The number of fused-ring (bicyclic) bond motifs is 2. The number of hydrogen-bond donors (Lipinski definition) is 2. The van der Waals surface area contributed by atoms with Crippen LogP contribution in [0, 0.1) is 5.92 Å². The van der Waals surface area contributed by atoms with Crippen LogP contribution in [0.1, 0.15) is 41.7 Å². The van der Waals surface area contributed by atoms with Crippen LogP contribution < -0.4 is 0 Å². The molecule has 7 heteroatoms. The number of aromatic amines is 2. The molecular weight excluding hydrogens is 579 g/mol. The summed E-state index contributed by atoms with van der Waals surface area (Å²) in [5, 5.41) is 2.06. The molecule has 6 aromatic rings. The molecule has 2 N–H and O–H groups in total. The molecular formula is C38H35N3O3S. The lowest BCUT2D eigenvalue weighted by Gasteiger charge is -2.36. The summed E-state index contributed by atoms with van der Waals surface area (Å²) < 4.78 is 6.15. The second kappa shape index (κ2) is 12.3. The summed E-state index contributed by atoms with van der Waals surface area (Å²) in [4.78, 5) is 37.0. The molecule has 3 atom stereocenters. The molecule has 0 radical (unpaired) electrons. The Hall–Kier alpha value is -4.75. The summed E-state index contributed by atoms with van der Waals surface area (Å²) in [6.07, 6.45) is 3.78. The third-order valence-electron chi connectivity index (χ3n) is 9.05. The van der Waals surface area contributed by atoms with Crippen LogP contribution in [-0.2, 0) is 27.2 Å². The highest BCUT2D eigenvalue weighted by atomic mass is 32.2. The number of nitrogens with zero attached hydrogens (tertiary/aromatic N) is 1. The summed E-state index contributed by atoms with van der Waals surface area (Å²) in [5.41, 5.74) is 4.92. The van der Waals surface area contributed by atoms with Gasteiger partial charge >= 0.3 is 6.09 Å². The molecule has 45 heavy (non-hydrogen) atoms. The fourth-order valence-electron chi connectivity index (χ4n) is 6.72. The molecule has 0 bridgehead atoms. The Labute approximate surface area is 266 Å². The van der Waals surface area contributed by atoms with Gasteiger partial charge in [0.2, 0.25) is 5.91 Å². The van der Waals surface area contributed by atoms with Crippen molar-refractivity contribution in [3.05, 3.63) is 144 Å². The quantitative estimate of drug-likeness (QED) is 0.151. The van der Waals surface area contributed by atoms with E-state index in [0.29, 0.717) is 12.8 Å². The van der Waals surface area contributed by atoms with Gasteiger partial charge in [-0.2, -0.15) is 11.8 Å². The van der Waals surface area contributed by atoms with Gasteiger partial charge in [-0.25, -0.2) is 9.69 Å². The maximum absolute atomic E-state index is 14.9. The van der Waals surface area contributed by atoms with E-state index < -0.39 is 23.7 Å². The minimum atomic E-state index is -1.08. The van der Waals surface area contributed by atoms with Gasteiger partial charge in [0.25, 0.3) is 0 Å². The Morgan fingerprint density at radius 1 is 0.844 bits per heavy atom. The van der Waals surface area contributed by atoms with E-state index in [1.54, 1.807) is 0 Å². The molecule has 0 spiro atoms. The number of carbonyl (C=O) groups is 2. The van der Waals surface area contributed by atoms with E-state index in [0.717, 1.165) is 50.0 Å². The van der Waals surface area contributed by atoms with Crippen LogP contribution >= 0.6 is 11.8 Å². The van der Waals surface area contributed by atoms with Crippen LogP contribution in [0.15, 0.2) is 122 Å². The van der Waals surface area contributed by atoms with Gasteiger partial charge in [-0.1, -0.05) is 97.1 Å². The first kappa shape index (κ1) is 29.0. The fourth-order valence-corrected chi connectivity index (χ4v) is 7.74. The number of H-pyrrole nitrogens is 2. The predicted octanol–water partition coefficient (Wildman–Crippen LogP) is 8.77. The van der Waals surface area contributed by atoms with Crippen molar-refractivity contribution < 1.29 is 14.3 Å². The summed E-state index contributed by atoms with van der Waals surface area (Å²) >= 11 is 1.81. The monoisotopic (exact) mass is 613 g/mol. The SMILES string of the molecule is C[C@]1(c2c[nH]c3ccccc23)[C@@H](c2ccccc2)OC(=O)N1C(=O)[C@H](CCSCc1ccccc1)Cc1c[nH]c2ccccc12. The summed E-state index contributed by atoms with van der Waals surface area (Å²) in [6, 6.07) is 36.2. The molecule has 1 aliphatic rings. The lowest BCUT2D eigenvalue weighted by atomic mass is 9.81. The number of carbonyl (C=O) groups excluding carboxylic acids is 2. The standard InChI is InChI=1S/C38H35N3O3S/c1-38(32-24-40-34-19-11-9-17-31(32)34)35(27-14-6-3-7-15-27)44-37(43)41(38)36(42)28(20-21-45-25-26-12-4-2-5-13-26)22-29-23-39-33-18-10-8-16-30(29)33/h2-19,23-24,28,35,39-40H,20-22,25H2,1H3/t28-,35-,38+/m1/s1. The molecule has 1 saturated heterocycles. The molecule has 1 fully saturated rings. The zero-order chi connectivity index (χ0) is 30.8. The van der Waals surface area contributed by atoms with E-state index in [-0.39, 0.29) is 5.91 Å². The van der Waals surface area contributed by atoms with Gasteiger partial charge < -0.3 is 14.7 Å². The molecule has 3 heterocycles. The molecule has 0 saturated carbocycles. The Balaban J connectivity index is 1.26. The van der Waals surface area contributed by atoms with E-state index in [9.17, 15) is 9.59 Å². The third kappa shape index (κ3) is 5.42. The zero-order valence-electron chi connectivity index (χ0n) is 25.1. The largest absolute Gasteiger partial charge is 0.438 e. The van der Waals surface area contributed by atoms with Crippen molar-refractivity contribution in [2.24, 2.45) is 5.92 Å². The maximum atomic E-state index is 14.9.